The third-order valence-corrected chi connectivity index (χ3v) is 10.0. The highest BCUT2D eigenvalue weighted by molar-refractivity contribution is 7.92. The van der Waals surface area contributed by atoms with Crippen molar-refractivity contribution in [1.29, 1.82) is 0 Å². The summed E-state index contributed by atoms with van der Waals surface area (Å²) in [5, 5.41) is 14.6. The molecule has 0 spiro atoms. The first-order chi connectivity index (χ1) is 19.5. The van der Waals surface area contributed by atoms with Gasteiger partial charge in [-0.05, 0) is 121 Å². The minimum Gasteiger partial charge on any atom is -0.489 e. The van der Waals surface area contributed by atoms with Crippen molar-refractivity contribution in [2.75, 3.05) is 30.8 Å². The number of sulfone groups is 1. The van der Waals surface area contributed by atoms with E-state index in [0.29, 0.717) is 11.6 Å². The summed E-state index contributed by atoms with van der Waals surface area (Å²) in [4.78, 5) is 2.67. The molecule has 41 heavy (non-hydrogen) atoms. The van der Waals surface area contributed by atoms with E-state index in [1.165, 1.54) is 11.1 Å². The lowest BCUT2D eigenvalue weighted by molar-refractivity contribution is 0.241. The van der Waals surface area contributed by atoms with Crippen molar-refractivity contribution in [3.63, 3.8) is 0 Å². The van der Waals surface area contributed by atoms with Gasteiger partial charge >= 0.3 is 0 Å². The number of aryl methyl sites for hydroxylation is 1. The fraction of sp³-hybridized carbons (Fsp3) is 0.406. The molecule has 1 saturated heterocycles. The lowest BCUT2D eigenvalue weighted by Gasteiger charge is -2.31. The van der Waals surface area contributed by atoms with E-state index in [0.717, 1.165) is 59.6 Å². The summed E-state index contributed by atoms with van der Waals surface area (Å²) < 4.78 is 32.5. The van der Waals surface area contributed by atoms with Gasteiger partial charge in [-0.25, -0.2) is 8.42 Å². The molecule has 8 nitrogen and oxygen atoms in total. The number of aromatic nitrogens is 2. The van der Waals surface area contributed by atoms with Crippen LogP contribution < -0.4 is 15.4 Å². The average molecular weight is 576 g/mol. The molecule has 1 aliphatic rings. The van der Waals surface area contributed by atoms with E-state index in [9.17, 15) is 8.42 Å². The van der Waals surface area contributed by atoms with Crippen LogP contribution in [-0.2, 0) is 9.84 Å². The molecule has 0 bridgehead atoms. The first-order valence-corrected chi connectivity index (χ1v) is 15.9. The Balaban J connectivity index is 1.52. The summed E-state index contributed by atoms with van der Waals surface area (Å²) in [6, 6.07) is 15.4. The molecule has 9 heteroatoms. The first-order valence-electron chi connectivity index (χ1n) is 14.4. The van der Waals surface area contributed by atoms with Crippen LogP contribution in [0.1, 0.15) is 57.6 Å². The molecule has 1 aliphatic heterocycles. The highest BCUT2D eigenvalue weighted by Gasteiger charge is 2.24. The lowest BCUT2D eigenvalue weighted by Crippen LogP contribution is -2.29. The average Bonchev–Trinajstić information content (AvgIpc) is 3.40. The fourth-order valence-electron chi connectivity index (χ4n) is 5.51. The molecule has 1 fully saturated rings. The van der Waals surface area contributed by atoms with Crippen molar-refractivity contribution in [1.82, 2.24) is 15.1 Å². The second-order valence-electron chi connectivity index (χ2n) is 11.6. The van der Waals surface area contributed by atoms with Crippen LogP contribution in [0.2, 0.25) is 0 Å². The van der Waals surface area contributed by atoms with Gasteiger partial charge in [0.1, 0.15) is 5.75 Å². The van der Waals surface area contributed by atoms with Gasteiger partial charge in [0.05, 0.1) is 45.0 Å². The van der Waals surface area contributed by atoms with Gasteiger partial charge in [0, 0.05) is 11.1 Å². The molecule has 3 N–H and O–H groups in total. The van der Waals surface area contributed by atoms with Gasteiger partial charge in [-0.3, -0.25) is 5.10 Å². The maximum absolute atomic E-state index is 13.1. The number of hydrogen-bond donors (Lipinski definition) is 3. The van der Waals surface area contributed by atoms with E-state index >= 15 is 0 Å². The quantitative estimate of drug-likeness (QED) is 0.195. The third kappa shape index (κ3) is 6.21. The van der Waals surface area contributed by atoms with Crippen LogP contribution in [0.25, 0.3) is 10.9 Å². The summed E-state index contributed by atoms with van der Waals surface area (Å²) in [5.74, 6) is 1.35. The zero-order chi connectivity index (χ0) is 29.3. The Bertz CT molecular complexity index is 1640. The van der Waals surface area contributed by atoms with Gasteiger partial charge in [0.25, 0.3) is 0 Å². The number of piperidine rings is 1. The van der Waals surface area contributed by atoms with Crippen molar-refractivity contribution in [2.24, 2.45) is 0 Å². The summed E-state index contributed by atoms with van der Waals surface area (Å²) in [7, 11) is -1.30. The topological polar surface area (TPSA) is 99.3 Å². The summed E-state index contributed by atoms with van der Waals surface area (Å²) in [6.07, 6.45) is 4.06. The van der Waals surface area contributed by atoms with Gasteiger partial charge in [-0.2, -0.15) is 5.10 Å². The van der Waals surface area contributed by atoms with E-state index in [-0.39, 0.29) is 11.0 Å². The summed E-state index contributed by atoms with van der Waals surface area (Å²) in [5.41, 5.74) is 6.42. The molecule has 0 radical (unpaired) electrons. The van der Waals surface area contributed by atoms with E-state index in [1.54, 1.807) is 38.2 Å². The molecule has 0 saturated carbocycles. The first kappa shape index (κ1) is 29.0. The lowest BCUT2D eigenvalue weighted by atomic mass is 9.86. The predicted molar refractivity (Wildman–Crippen MR) is 168 cm³/mol. The van der Waals surface area contributed by atoms with Crippen LogP contribution in [-0.4, -0.2) is 55.0 Å². The van der Waals surface area contributed by atoms with Crippen molar-refractivity contribution in [3.05, 3.63) is 65.9 Å². The summed E-state index contributed by atoms with van der Waals surface area (Å²) >= 11 is 0. The van der Waals surface area contributed by atoms with Crippen LogP contribution in [0.3, 0.4) is 0 Å². The van der Waals surface area contributed by atoms with E-state index in [2.05, 4.69) is 51.8 Å². The molecule has 5 rings (SSSR count). The van der Waals surface area contributed by atoms with Gasteiger partial charge in [-0.1, -0.05) is 12.1 Å². The Morgan fingerprint density at radius 3 is 2.41 bits per heavy atom. The highest BCUT2D eigenvalue weighted by Crippen LogP contribution is 2.39. The third-order valence-electron chi connectivity index (χ3n) is 7.81. The van der Waals surface area contributed by atoms with Crippen molar-refractivity contribution in [2.45, 2.75) is 69.6 Å². The van der Waals surface area contributed by atoms with Crippen molar-refractivity contribution < 1.29 is 13.2 Å². The van der Waals surface area contributed by atoms with E-state index in [4.69, 9.17) is 4.74 Å². The van der Waals surface area contributed by atoms with Crippen molar-refractivity contribution in [3.8, 4) is 5.75 Å². The van der Waals surface area contributed by atoms with Gasteiger partial charge in [0.15, 0.2) is 9.84 Å². The van der Waals surface area contributed by atoms with Crippen LogP contribution in [0.5, 0.6) is 5.75 Å². The van der Waals surface area contributed by atoms with Gasteiger partial charge < -0.3 is 20.3 Å². The van der Waals surface area contributed by atoms with Gasteiger partial charge in [-0.15, -0.1) is 0 Å². The Kier molecular flexibility index (Phi) is 8.29. The zero-order valence-electron chi connectivity index (χ0n) is 24.8. The molecule has 3 aromatic carbocycles. The molecule has 4 aromatic rings. The molecule has 2 heterocycles. The molecule has 0 amide bonds. The maximum atomic E-state index is 13.1. The van der Waals surface area contributed by atoms with Crippen molar-refractivity contribution >= 4 is 43.5 Å². The minimum atomic E-state index is -3.49. The SMILES string of the molecule is Cc1cc(Nc2cc(Nc3ccccc3S(=O)(=O)C(C)C)c3cn[nH]c3c2)c(OC(C)C)cc1C1CCN(C)CC1. The Morgan fingerprint density at radius 2 is 1.71 bits per heavy atom. The zero-order valence-corrected chi connectivity index (χ0v) is 25.6. The number of ether oxygens (including phenoxy) is 1. The number of hydrogen-bond acceptors (Lipinski definition) is 7. The van der Waals surface area contributed by atoms with Crippen LogP contribution >= 0.6 is 0 Å². The standard InChI is InChI=1S/C32H41N5O3S/c1-20(2)40-31-18-25(23-11-13-37(6)14-12-23)22(5)15-30(31)34-24-16-28(26-19-33-36-29(26)17-24)35-27-9-7-8-10-32(27)41(38,39)21(3)4/h7-10,15-21,23,34-35H,11-14H2,1-6H3,(H,33,36). The second-order valence-corrected chi connectivity index (χ2v) is 14.1. The van der Waals surface area contributed by atoms with E-state index in [1.807, 2.05) is 32.0 Å². The molecule has 1 aromatic heterocycles. The number of benzene rings is 3. The van der Waals surface area contributed by atoms with Crippen LogP contribution in [0.15, 0.2) is 59.6 Å². The number of likely N-dealkylation sites (tertiary alicyclic amines) is 1. The van der Waals surface area contributed by atoms with Crippen LogP contribution in [0.4, 0.5) is 22.7 Å². The number of fused-ring (bicyclic) bond motifs is 1. The molecule has 0 atom stereocenters. The van der Waals surface area contributed by atoms with Crippen LogP contribution in [0, 0.1) is 6.92 Å². The number of nitrogens with one attached hydrogen (secondary N) is 3. The smallest absolute Gasteiger partial charge is 0.182 e. The maximum Gasteiger partial charge on any atom is 0.182 e. The number of para-hydroxylation sites is 1. The Morgan fingerprint density at radius 1 is 0.976 bits per heavy atom. The number of nitrogens with zero attached hydrogens (tertiary/aromatic N) is 2. The monoisotopic (exact) mass is 575 g/mol. The normalized spacial score (nSPS) is 15.1. The largest absolute Gasteiger partial charge is 0.489 e. The molecule has 0 aliphatic carbocycles. The number of anilines is 4. The molecular weight excluding hydrogens is 534 g/mol. The number of H-pyrrole nitrogens is 1. The minimum absolute atomic E-state index is 0.0234. The Labute approximate surface area is 243 Å². The molecule has 0 unspecified atom stereocenters. The second kappa shape index (κ2) is 11.7. The predicted octanol–water partition coefficient (Wildman–Crippen LogP) is 7.14. The number of aromatic amines is 1. The number of rotatable bonds is 9. The Hall–Kier alpha value is -3.56. The fourth-order valence-corrected chi connectivity index (χ4v) is 6.71. The molecular formula is C32H41N5O3S. The highest BCUT2D eigenvalue weighted by atomic mass is 32.2. The van der Waals surface area contributed by atoms with Gasteiger partial charge in [0.2, 0.25) is 0 Å². The van der Waals surface area contributed by atoms with E-state index < -0.39 is 15.1 Å². The molecule has 218 valence electrons. The summed E-state index contributed by atoms with van der Waals surface area (Å²) in [6.45, 7) is 11.9.